The molecule has 1 aliphatic rings. The van der Waals surface area contributed by atoms with Crippen molar-refractivity contribution in [2.24, 2.45) is 5.41 Å². The molecule has 0 atom stereocenters. The summed E-state index contributed by atoms with van der Waals surface area (Å²) in [4.78, 5) is 0. The molecule has 0 unspecified atom stereocenters. The van der Waals surface area contributed by atoms with E-state index in [1.165, 1.54) is 5.56 Å². The average molecular weight is 244 g/mol. The summed E-state index contributed by atoms with van der Waals surface area (Å²) in [6, 6.07) is 10.4. The van der Waals surface area contributed by atoms with E-state index in [0.717, 1.165) is 31.7 Å². The fraction of sp³-hybridized carbons (Fsp3) is 0.533. The maximum Gasteiger partial charge on any atom is 0.119 e. The van der Waals surface area contributed by atoms with E-state index in [0.29, 0.717) is 13.0 Å². The molecule has 3 nitrogen and oxygen atoms in total. The molecule has 2 rings (SSSR count). The molecule has 1 aliphatic carbocycles. The quantitative estimate of drug-likeness (QED) is 0.802. The van der Waals surface area contributed by atoms with Crippen LogP contribution >= 0.6 is 0 Å². The molecule has 0 heterocycles. The Labute approximate surface area is 109 Å². The number of nitrogens with one attached hydrogen (secondary N) is 1. The minimum atomic E-state index is 0.145. The fourth-order valence-electron chi connectivity index (χ4n) is 1.97. The van der Waals surface area contributed by atoms with Gasteiger partial charge in [-0.3, -0.25) is 0 Å². The number of ether oxygens (including phenoxy) is 1. The highest BCUT2D eigenvalue weighted by atomic mass is 16.5. The molecule has 18 heavy (non-hydrogen) atoms. The van der Waals surface area contributed by atoms with Crippen LogP contribution in [0.3, 0.4) is 0 Å². The third kappa shape index (κ3) is 3.48. The van der Waals surface area contributed by atoms with Crippen LogP contribution in [0.1, 0.15) is 31.7 Å². The third-order valence-electron chi connectivity index (χ3n) is 3.43. The van der Waals surface area contributed by atoms with Gasteiger partial charge in [0.25, 0.3) is 0 Å². The first-order valence-corrected chi connectivity index (χ1v) is 6.57. The molecule has 0 aromatic heterocycles. The Morgan fingerprint density at radius 1 is 1.44 bits per heavy atom. The molecule has 1 aromatic carbocycles. The Morgan fingerprint density at radius 3 is 2.94 bits per heavy atom. The van der Waals surface area contributed by atoms with Crippen molar-refractivity contribution >= 4 is 0 Å². The van der Waals surface area contributed by atoms with E-state index in [1.807, 2.05) is 12.1 Å². The number of rotatable bonds is 7. The van der Waals surface area contributed by atoms with Crippen molar-refractivity contribution in [1.82, 2.24) is 5.32 Å². The summed E-state index contributed by atoms with van der Waals surface area (Å²) in [5.74, 6) is 0.912. The van der Waals surface area contributed by atoms with Crippen LogP contribution in [0.2, 0.25) is 0 Å². The van der Waals surface area contributed by atoms with Gasteiger partial charge in [-0.05, 0) is 37.1 Å². The molecular formula is C15H20N2O. The zero-order chi connectivity index (χ0) is 12.8. The predicted molar refractivity (Wildman–Crippen MR) is 71.2 cm³/mol. The zero-order valence-electron chi connectivity index (χ0n) is 10.9. The highest BCUT2D eigenvalue weighted by Crippen LogP contribution is 2.48. The topological polar surface area (TPSA) is 45.0 Å². The molecule has 0 amide bonds. The summed E-state index contributed by atoms with van der Waals surface area (Å²) >= 11 is 0. The minimum Gasteiger partial charge on any atom is -0.493 e. The molecule has 1 saturated carbocycles. The maximum atomic E-state index is 8.77. The third-order valence-corrected chi connectivity index (χ3v) is 3.43. The summed E-state index contributed by atoms with van der Waals surface area (Å²) in [5, 5.41) is 12.1. The molecule has 1 aromatic rings. The van der Waals surface area contributed by atoms with Crippen LogP contribution in [0.25, 0.3) is 0 Å². The summed E-state index contributed by atoms with van der Waals surface area (Å²) in [6.07, 6.45) is 2.86. The molecule has 0 radical (unpaired) electrons. The van der Waals surface area contributed by atoms with Crippen molar-refractivity contribution in [3.8, 4) is 11.8 Å². The van der Waals surface area contributed by atoms with Crippen LogP contribution in [0.4, 0.5) is 0 Å². The molecule has 3 heteroatoms. The van der Waals surface area contributed by atoms with Gasteiger partial charge >= 0.3 is 0 Å². The van der Waals surface area contributed by atoms with Gasteiger partial charge in [-0.25, -0.2) is 0 Å². The van der Waals surface area contributed by atoms with Crippen LogP contribution in [0, 0.1) is 16.7 Å². The van der Waals surface area contributed by atoms with E-state index < -0.39 is 0 Å². The van der Waals surface area contributed by atoms with Gasteiger partial charge in [0.2, 0.25) is 0 Å². The van der Waals surface area contributed by atoms with E-state index in [9.17, 15) is 0 Å². The number of hydrogen-bond donors (Lipinski definition) is 1. The summed E-state index contributed by atoms with van der Waals surface area (Å²) < 4.78 is 5.83. The lowest BCUT2D eigenvalue weighted by Gasteiger charge is -2.13. The number of nitriles is 1. The SMILES string of the molecule is CCNCc1cccc(OCC2(CC#N)CC2)c1. The van der Waals surface area contributed by atoms with Gasteiger partial charge in [0.1, 0.15) is 5.75 Å². The van der Waals surface area contributed by atoms with Gasteiger partial charge in [-0.1, -0.05) is 19.1 Å². The van der Waals surface area contributed by atoms with Gasteiger partial charge in [-0.2, -0.15) is 5.26 Å². The Hall–Kier alpha value is -1.53. The normalized spacial score (nSPS) is 16.0. The minimum absolute atomic E-state index is 0.145. The molecule has 1 N–H and O–H groups in total. The van der Waals surface area contributed by atoms with E-state index in [-0.39, 0.29) is 5.41 Å². The molecule has 0 spiro atoms. The van der Waals surface area contributed by atoms with E-state index in [2.05, 4.69) is 30.4 Å². The van der Waals surface area contributed by atoms with Crippen molar-refractivity contribution < 1.29 is 4.74 Å². The average Bonchev–Trinajstić information content (AvgIpc) is 3.15. The molecule has 0 bridgehead atoms. The summed E-state index contributed by atoms with van der Waals surface area (Å²) in [6.45, 7) is 4.61. The predicted octanol–water partition coefficient (Wildman–Crippen LogP) is 2.87. The molecule has 0 aliphatic heterocycles. The highest BCUT2D eigenvalue weighted by molar-refractivity contribution is 5.28. The standard InChI is InChI=1S/C15H20N2O/c1-2-17-11-13-4-3-5-14(10-13)18-12-15(6-7-15)8-9-16/h3-5,10,17H,2,6-8,11-12H2,1H3. The molecule has 1 fully saturated rings. The van der Waals surface area contributed by atoms with Gasteiger partial charge < -0.3 is 10.1 Å². The molecular weight excluding hydrogens is 224 g/mol. The summed E-state index contributed by atoms with van der Waals surface area (Å²) in [5.41, 5.74) is 1.38. The van der Waals surface area contributed by atoms with Crippen molar-refractivity contribution in [3.63, 3.8) is 0 Å². The van der Waals surface area contributed by atoms with Gasteiger partial charge in [-0.15, -0.1) is 0 Å². The van der Waals surface area contributed by atoms with Gasteiger partial charge in [0.05, 0.1) is 12.7 Å². The second-order valence-electron chi connectivity index (χ2n) is 5.05. The smallest absolute Gasteiger partial charge is 0.119 e. The number of benzene rings is 1. The van der Waals surface area contributed by atoms with Crippen LogP contribution < -0.4 is 10.1 Å². The van der Waals surface area contributed by atoms with Crippen molar-refractivity contribution in [3.05, 3.63) is 29.8 Å². The Bertz CT molecular complexity index is 432. The number of hydrogen-bond acceptors (Lipinski definition) is 3. The van der Waals surface area contributed by atoms with E-state index >= 15 is 0 Å². The monoisotopic (exact) mass is 244 g/mol. The largest absolute Gasteiger partial charge is 0.493 e. The molecule has 0 saturated heterocycles. The maximum absolute atomic E-state index is 8.77. The van der Waals surface area contributed by atoms with Crippen molar-refractivity contribution in [1.29, 1.82) is 5.26 Å². The van der Waals surface area contributed by atoms with Crippen LogP contribution in [0.15, 0.2) is 24.3 Å². The zero-order valence-corrected chi connectivity index (χ0v) is 10.9. The van der Waals surface area contributed by atoms with Crippen LogP contribution in [-0.2, 0) is 6.54 Å². The van der Waals surface area contributed by atoms with Crippen molar-refractivity contribution in [2.75, 3.05) is 13.2 Å². The fourth-order valence-corrected chi connectivity index (χ4v) is 1.97. The second kappa shape index (κ2) is 5.88. The van der Waals surface area contributed by atoms with Crippen LogP contribution in [0.5, 0.6) is 5.75 Å². The first-order chi connectivity index (χ1) is 8.78. The van der Waals surface area contributed by atoms with E-state index in [4.69, 9.17) is 10.00 Å². The lowest BCUT2D eigenvalue weighted by molar-refractivity contribution is 0.236. The number of nitrogens with zero attached hydrogens (tertiary/aromatic N) is 1. The van der Waals surface area contributed by atoms with Gasteiger partial charge in [0, 0.05) is 18.4 Å². The Balaban J connectivity index is 1.87. The Kier molecular flexibility index (Phi) is 4.22. The lowest BCUT2D eigenvalue weighted by atomic mass is 10.1. The van der Waals surface area contributed by atoms with Crippen LogP contribution in [-0.4, -0.2) is 13.2 Å². The first-order valence-electron chi connectivity index (χ1n) is 6.57. The molecule has 96 valence electrons. The first kappa shape index (κ1) is 12.9. The van der Waals surface area contributed by atoms with Crippen molar-refractivity contribution in [2.45, 2.75) is 32.7 Å². The second-order valence-corrected chi connectivity index (χ2v) is 5.05. The Morgan fingerprint density at radius 2 is 2.28 bits per heavy atom. The van der Waals surface area contributed by atoms with Gasteiger partial charge in [0.15, 0.2) is 0 Å². The van der Waals surface area contributed by atoms with E-state index in [1.54, 1.807) is 0 Å². The highest BCUT2D eigenvalue weighted by Gasteiger charge is 2.43. The lowest BCUT2D eigenvalue weighted by Crippen LogP contribution is -2.13. The summed E-state index contributed by atoms with van der Waals surface area (Å²) in [7, 11) is 0.